The van der Waals surface area contributed by atoms with Crippen LogP contribution in [0.3, 0.4) is 0 Å². The van der Waals surface area contributed by atoms with Crippen LogP contribution < -0.4 is 0 Å². The largest absolute Gasteiger partial charge is 0.285 e. The number of aliphatic imine (C=N–C) groups is 4. The third-order valence-electron chi connectivity index (χ3n) is 1.46. The van der Waals surface area contributed by atoms with Gasteiger partial charge >= 0.3 is 0 Å². The summed E-state index contributed by atoms with van der Waals surface area (Å²) in [7, 11) is 0. The lowest BCUT2D eigenvalue weighted by Gasteiger charge is -2.12. The van der Waals surface area contributed by atoms with Crippen LogP contribution in [0.15, 0.2) is 20.0 Å². The van der Waals surface area contributed by atoms with E-state index in [9.17, 15) is 0 Å². The lowest BCUT2D eigenvalue weighted by atomic mass is 10.1. The van der Waals surface area contributed by atoms with Gasteiger partial charge in [-0.15, -0.1) is 0 Å². The van der Waals surface area contributed by atoms with Gasteiger partial charge in [0, 0.05) is 0 Å². The Morgan fingerprint density at radius 3 is 2.91 bits per heavy atom. The number of hydrogen-bond acceptors (Lipinski definition) is 5. The lowest BCUT2D eigenvalue weighted by molar-refractivity contribution is 0.785. The van der Waals surface area contributed by atoms with Crippen molar-refractivity contribution < 1.29 is 0 Å². The zero-order chi connectivity index (χ0) is 7.73. The molecule has 0 amide bonds. The van der Waals surface area contributed by atoms with Crippen LogP contribution in [-0.4, -0.2) is 30.3 Å². The van der Waals surface area contributed by atoms with Crippen molar-refractivity contribution in [3.8, 4) is 6.07 Å². The van der Waals surface area contributed by atoms with Gasteiger partial charge < -0.3 is 0 Å². The highest BCUT2D eigenvalue weighted by Crippen LogP contribution is 2.18. The Hall–Kier alpha value is -1.83. The van der Waals surface area contributed by atoms with Crippen LogP contribution in [0.4, 0.5) is 0 Å². The monoisotopic (exact) mass is 145 g/mol. The molecule has 0 aromatic rings. The van der Waals surface area contributed by atoms with Gasteiger partial charge in [0.05, 0.1) is 6.21 Å². The normalized spacial score (nSPS) is 31.4. The van der Waals surface area contributed by atoms with E-state index in [4.69, 9.17) is 5.26 Å². The number of rotatable bonds is 0. The Balaban J connectivity index is 2.56. The van der Waals surface area contributed by atoms with E-state index < -0.39 is 5.66 Å². The van der Waals surface area contributed by atoms with Crippen molar-refractivity contribution in [3.63, 3.8) is 0 Å². The van der Waals surface area contributed by atoms with E-state index in [1.807, 2.05) is 6.07 Å². The van der Waals surface area contributed by atoms with Crippen LogP contribution >= 0.6 is 0 Å². The number of nitrogens with zero attached hydrogens (tertiary/aromatic N) is 5. The van der Waals surface area contributed by atoms with Gasteiger partial charge in [-0.2, -0.15) is 5.26 Å². The average Bonchev–Trinajstić information content (AvgIpc) is 2.48. The summed E-state index contributed by atoms with van der Waals surface area (Å²) in [4.78, 5) is 15.2. The summed E-state index contributed by atoms with van der Waals surface area (Å²) in [6.07, 6.45) is 4.13. The van der Waals surface area contributed by atoms with Crippen molar-refractivity contribution in [1.82, 2.24) is 0 Å². The Morgan fingerprint density at radius 1 is 1.36 bits per heavy atom. The maximum absolute atomic E-state index is 8.73. The highest BCUT2D eigenvalue weighted by Gasteiger charge is 2.37. The average molecular weight is 145 g/mol. The van der Waals surface area contributed by atoms with Crippen molar-refractivity contribution in [2.75, 3.05) is 0 Å². The second-order valence-corrected chi connectivity index (χ2v) is 2.07. The summed E-state index contributed by atoms with van der Waals surface area (Å²) in [6.45, 7) is 0. The molecule has 52 valence electrons. The van der Waals surface area contributed by atoms with Gasteiger partial charge in [-0.1, -0.05) is 0 Å². The predicted octanol–water partition coefficient (Wildman–Crippen LogP) is -0.198. The van der Waals surface area contributed by atoms with Crippen LogP contribution in [0.1, 0.15) is 0 Å². The molecule has 0 spiro atoms. The van der Waals surface area contributed by atoms with Gasteiger partial charge in [0.2, 0.25) is 0 Å². The Morgan fingerprint density at radius 2 is 2.18 bits per heavy atom. The van der Waals surface area contributed by atoms with E-state index in [0.717, 1.165) is 0 Å². The molecule has 0 N–H and O–H groups in total. The van der Waals surface area contributed by atoms with Gasteiger partial charge in [0.1, 0.15) is 24.5 Å². The van der Waals surface area contributed by atoms with Crippen LogP contribution in [-0.2, 0) is 0 Å². The zero-order valence-electron chi connectivity index (χ0n) is 5.47. The first-order chi connectivity index (χ1) is 5.37. The number of fused-ring (bicyclic) bond motifs is 1. The highest BCUT2D eigenvalue weighted by atomic mass is 15.2. The Bertz CT molecular complexity index is 342. The molecule has 0 saturated heterocycles. The Labute approximate surface area is 62.5 Å². The third-order valence-corrected chi connectivity index (χ3v) is 1.46. The first-order valence-corrected chi connectivity index (χ1v) is 2.97. The summed E-state index contributed by atoms with van der Waals surface area (Å²) in [5.41, 5.74) is -0.635. The van der Waals surface area contributed by atoms with Crippen molar-refractivity contribution in [2.45, 2.75) is 5.66 Å². The topological polar surface area (TPSA) is 73.2 Å². The SMILES string of the molecule is N#CC12N=CN=CC1=NC=N2. The zero-order valence-corrected chi connectivity index (χ0v) is 5.47. The first-order valence-electron chi connectivity index (χ1n) is 2.97. The van der Waals surface area contributed by atoms with Gasteiger partial charge in [0.15, 0.2) is 0 Å². The van der Waals surface area contributed by atoms with E-state index in [0.29, 0.717) is 5.71 Å². The molecule has 0 aromatic heterocycles. The van der Waals surface area contributed by atoms with Crippen LogP contribution in [0, 0.1) is 11.3 Å². The molecule has 0 saturated carbocycles. The fraction of sp³-hybridized carbons (Fsp3) is 0.167. The van der Waals surface area contributed by atoms with Gasteiger partial charge in [-0.05, 0) is 0 Å². The smallest absolute Gasteiger partial charge is 0.243 e. The molecule has 0 radical (unpaired) electrons. The van der Waals surface area contributed by atoms with Gasteiger partial charge in [-0.25, -0.2) is 20.0 Å². The fourth-order valence-corrected chi connectivity index (χ4v) is 0.889. The summed E-state index contributed by atoms with van der Waals surface area (Å²) >= 11 is 0. The molecule has 0 aliphatic carbocycles. The molecule has 5 heteroatoms. The van der Waals surface area contributed by atoms with Crippen molar-refractivity contribution in [3.05, 3.63) is 0 Å². The molecule has 0 fully saturated rings. The van der Waals surface area contributed by atoms with Crippen LogP contribution in [0.25, 0.3) is 0 Å². The van der Waals surface area contributed by atoms with Crippen molar-refractivity contribution >= 4 is 24.6 Å². The van der Waals surface area contributed by atoms with E-state index in [-0.39, 0.29) is 0 Å². The fourth-order valence-electron chi connectivity index (χ4n) is 0.889. The second-order valence-electron chi connectivity index (χ2n) is 2.07. The molecule has 1 atom stereocenters. The maximum Gasteiger partial charge on any atom is 0.285 e. The van der Waals surface area contributed by atoms with Crippen molar-refractivity contribution in [1.29, 1.82) is 5.26 Å². The molecular formula is C6H3N5. The van der Waals surface area contributed by atoms with E-state index in [1.54, 1.807) is 0 Å². The minimum absolute atomic E-state index is 0.488. The van der Waals surface area contributed by atoms with Crippen LogP contribution in [0.5, 0.6) is 0 Å². The van der Waals surface area contributed by atoms with E-state index in [2.05, 4.69) is 20.0 Å². The Kier molecular flexibility index (Phi) is 0.982. The summed E-state index contributed by atoms with van der Waals surface area (Å²) < 4.78 is 0. The minimum Gasteiger partial charge on any atom is -0.243 e. The second kappa shape index (κ2) is 1.83. The summed E-state index contributed by atoms with van der Waals surface area (Å²) in [5, 5.41) is 8.73. The third kappa shape index (κ3) is 0.633. The predicted molar refractivity (Wildman–Crippen MR) is 41.3 cm³/mol. The maximum atomic E-state index is 8.73. The van der Waals surface area contributed by atoms with Gasteiger partial charge in [-0.3, -0.25) is 0 Å². The minimum atomic E-state index is -1.12. The molecule has 0 bridgehead atoms. The van der Waals surface area contributed by atoms with Crippen molar-refractivity contribution in [2.24, 2.45) is 20.0 Å². The standard InChI is InChI=1S/C6H3N5/c7-2-6-5(9-4-11-6)1-8-3-10-6/h1,3-4H. The molecule has 1 unspecified atom stereocenters. The molecular weight excluding hydrogens is 142 g/mol. The quantitative estimate of drug-likeness (QED) is 0.465. The molecule has 2 aliphatic heterocycles. The van der Waals surface area contributed by atoms with E-state index in [1.165, 1.54) is 18.9 Å². The van der Waals surface area contributed by atoms with Crippen LogP contribution in [0.2, 0.25) is 0 Å². The van der Waals surface area contributed by atoms with Gasteiger partial charge in [0.25, 0.3) is 5.66 Å². The first kappa shape index (κ1) is 5.92. The summed E-state index contributed by atoms with van der Waals surface area (Å²) in [6, 6.07) is 1.96. The molecule has 11 heavy (non-hydrogen) atoms. The number of hydrogen-bond donors (Lipinski definition) is 0. The highest BCUT2D eigenvalue weighted by molar-refractivity contribution is 6.40. The molecule has 2 heterocycles. The number of nitriles is 1. The molecule has 2 rings (SSSR count). The lowest BCUT2D eigenvalue weighted by Crippen LogP contribution is -2.33. The molecule has 0 aromatic carbocycles. The molecule has 5 nitrogen and oxygen atoms in total. The molecule has 2 aliphatic rings. The van der Waals surface area contributed by atoms with E-state index >= 15 is 0 Å². The summed E-state index contributed by atoms with van der Waals surface area (Å²) in [5.74, 6) is 0.